The van der Waals surface area contributed by atoms with E-state index in [0.29, 0.717) is 18.8 Å². The third-order valence-electron chi connectivity index (χ3n) is 5.32. The molecule has 1 fully saturated rings. The normalized spacial score (nSPS) is 17.7. The molecule has 1 aliphatic heterocycles. The predicted molar refractivity (Wildman–Crippen MR) is 118 cm³/mol. The van der Waals surface area contributed by atoms with Gasteiger partial charge in [0.05, 0.1) is 23.8 Å². The van der Waals surface area contributed by atoms with Crippen LogP contribution in [-0.4, -0.2) is 68.5 Å². The van der Waals surface area contributed by atoms with Gasteiger partial charge in [0.1, 0.15) is 5.60 Å². The Balaban J connectivity index is 1.76. The number of likely N-dealkylation sites (tertiary alicyclic amines) is 1. The summed E-state index contributed by atoms with van der Waals surface area (Å²) in [7, 11) is -1.81. The lowest BCUT2D eigenvalue weighted by Gasteiger charge is -2.34. The van der Waals surface area contributed by atoms with Crippen LogP contribution in [0.2, 0.25) is 0 Å². The van der Waals surface area contributed by atoms with Crippen molar-refractivity contribution < 1.29 is 17.9 Å². The summed E-state index contributed by atoms with van der Waals surface area (Å²) in [5, 5.41) is 4.14. The summed E-state index contributed by atoms with van der Waals surface area (Å²) in [6.07, 6.45) is 9.32. The number of hydrogen-bond donors (Lipinski definition) is 0. The fourth-order valence-electron chi connectivity index (χ4n) is 3.90. The summed E-state index contributed by atoms with van der Waals surface area (Å²) < 4.78 is 34.0. The molecule has 11 heteroatoms. The third-order valence-corrected chi connectivity index (χ3v) is 6.30. The van der Waals surface area contributed by atoms with Gasteiger partial charge in [-0.1, -0.05) is 0 Å². The van der Waals surface area contributed by atoms with Gasteiger partial charge in [-0.3, -0.25) is 9.08 Å². The van der Waals surface area contributed by atoms with Gasteiger partial charge in [-0.2, -0.15) is 5.10 Å². The monoisotopic (exact) mass is 460 g/mol. The number of rotatable bonds is 3. The Hall–Kier alpha value is -2.95. The number of nitrogens with zero attached hydrogens (tertiary/aromatic N) is 6. The number of ether oxygens (including phenoxy) is 1. The predicted octanol–water partition coefficient (Wildman–Crippen LogP) is 2.65. The minimum absolute atomic E-state index is 0.0699. The second-order valence-corrected chi connectivity index (χ2v) is 11.2. The van der Waals surface area contributed by atoms with E-state index in [-0.39, 0.29) is 22.7 Å². The van der Waals surface area contributed by atoms with Crippen molar-refractivity contribution in [3.63, 3.8) is 0 Å². The van der Waals surface area contributed by atoms with E-state index in [9.17, 15) is 13.2 Å². The summed E-state index contributed by atoms with van der Waals surface area (Å²) >= 11 is 0. The smallest absolute Gasteiger partial charge is 0.410 e. The van der Waals surface area contributed by atoms with Crippen LogP contribution in [0.25, 0.3) is 16.9 Å². The Labute approximate surface area is 187 Å². The van der Waals surface area contributed by atoms with E-state index in [1.807, 2.05) is 40.2 Å². The van der Waals surface area contributed by atoms with Gasteiger partial charge in [0.25, 0.3) is 0 Å². The SMILES string of the molecule is Cn1cc(-c2cnc3c(S(C)(=O)=O)nc(C4CCCN(C(=O)OC(C)(C)C)C4)cn23)cn1. The van der Waals surface area contributed by atoms with Gasteiger partial charge < -0.3 is 9.64 Å². The van der Waals surface area contributed by atoms with Gasteiger partial charge in [0.2, 0.25) is 0 Å². The molecular weight excluding hydrogens is 432 g/mol. The number of carbonyl (C=O) groups excluding carboxylic acids is 1. The van der Waals surface area contributed by atoms with Gasteiger partial charge in [0.15, 0.2) is 20.5 Å². The topological polar surface area (TPSA) is 112 Å². The molecule has 0 saturated carbocycles. The van der Waals surface area contributed by atoms with Crippen molar-refractivity contribution in [1.29, 1.82) is 0 Å². The highest BCUT2D eigenvalue weighted by molar-refractivity contribution is 7.90. The lowest BCUT2D eigenvalue weighted by atomic mass is 9.95. The summed E-state index contributed by atoms with van der Waals surface area (Å²) in [6.45, 7) is 6.50. The number of piperidine rings is 1. The lowest BCUT2D eigenvalue weighted by molar-refractivity contribution is 0.0197. The van der Waals surface area contributed by atoms with E-state index in [1.54, 1.807) is 26.4 Å². The zero-order chi connectivity index (χ0) is 23.3. The summed E-state index contributed by atoms with van der Waals surface area (Å²) in [4.78, 5) is 23.1. The molecule has 172 valence electrons. The first-order chi connectivity index (χ1) is 14.9. The van der Waals surface area contributed by atoms with Crippen LogP contribution >= 0.6 is 0 Å². The maximum atomic E-state index is 12.6. The summed E-state index contributed by atoms with van der Waals surface area (Å²) in [5.41, 5.74) is 1.83. The molecule has 4 heterocycles. The van der Waals surface area contributed by atoms with E-state index < -0.39 is 15.4 Å². The molecule has 1 amide bonds. The Morgan fingerprint density at radius 2 is 1.97 bits per heavy atom. The molecule has 1 unspecified atom stereocenters. The third kappa shape index (κ3) is 4.47. The average Bonchev–Trinajstić information content (AvgIpc) is 3.31. The Morgan fingerprint density at radius 3 is 2.59 bits per heavy atom. The molecule has 0 N–H and O–H groups in total. The van der Waals surface area contributed by atoms with Gasteiger partial charge in [-0.05, 0) is 33.6 Å². The van der Waals surface area contributed by atoms with E-state index in [0.717, 1.165) is 30.4 Å². The van der Waals surface area contributed by atoms with Crippen molar-refractivity contribution in [2.75, 3.05) is 19.3 Å². The number of aryl methyl sites for hydroxylation is 1. The van der Waals surface area contributed by atoms with Crippen molar-refractivity contribution in [1.82, 2.24) is 29.0 Å². The number of aromatic nitrogens is 5. The number of hydrogen-bond acceptors (Lipinski definition) is 7. The first kappa shape index (κ1) is 22.3. The van der Waals surface area contributed by atoms with Crippen LogP contribution in [0.15, 0.2) is 29.8 Å². The minimum atomic E-state index is -3.63. The molecule has 3 aromatic heterocycles. The molecule has 10 nitrogen and oxygen atoms in total. The number of amides is 1. The van der Waals surface area contributed by atoms with E-state index in [4.69, 9.17) is 4.74 Å². The lowest BCUT2D eigenvalue weighted by Crippen LogP contribution is -2.42. The minimum Gasteiger partial charge on any atom is -0.444 e. The fraction of sp³-hybridized carbons (Fsp3) is 0.524. The van der Waals surface area contributed by atoms with Crippen LogP contribution in [0.4, 0.5) is 4.79 Å². The zero-order valence-corrected chi connectivity index (χ0v) is 19.8. The molecule has 1 atom stereocenters. The van der Waals surface area contributed by atoms with Crippen LogP contribution in [0.3, 0.4) is 0 Å². The maximum Gasteiger partial charge on any atom is 0.410 e. The van der Waals surface area contributed by atoms with Crippen molar-refractivity contribution in [2.45, 2.75) is 50.2 Å². The highest BCUT2D eigenvalue weighted by atomic mass is 32.2. The summed E-state index contributed by atoms with van der Waals surface area (Å²) in [5.74, 6) is -0.120. The molecular formula is C21H28N6O4S. The Morgan fingerprint density at radius 1 is 1.22 bits per heavy atom. The van der Waals surface area contributed by atoms with Crippen LogP contribution in [0.5, 0.6) is 0 Å². The first-order valence-corrected chi connectivity index (χ1v) is 12.4. The summed E-state index contributed by atoms with van der Waals surface area (Å²) in [6, 6.07) is 0. The molecule has 1 saturated heterocycles. The van der Waals surface area contributed by atoms with Crippen molar-refractivity contribution in [3.05, 3.63) is 30.5 Å². The van der Waals surface area contributed by atoms with Crippen molar-refractivity contribution in [3.8, 4) is 11.3 Å². The molecule has 4 rings (SSSR count). The Bertz CT molecular complexity index is 1270. The van der Waals surface area contributed by atoms with Crippen molar-refractivity contribution >= 4 is 21.6 Å². The number of sulfone groups is 1. The second-order valence-electron chi connectivity index (χ2n) is 9.25. The first-order valence-electron chi connectivity index (χ1n) is 10.5. The molecule has 0 spiro atoms. The molecule has 0 aliphatic carbocycles. The second kappa shape index (κ2) is 7.88. The molecule has 0 aromatic carbocycles. The van der Waals surface area contributed by atoms with Gasteiger partial charge in [-0.15, -0.1) is 0 Å². The average molecular weight is 461 g/mol. The largest absolute Gasteiger partial charge is 0.444 e. The van der Waals surface area contributed by atoms with Crippen LogP contribution in [0.1, 0.15) is 45.2 Å². The molecule has 0 radical (unpaired) electrons. The standard InChI is InChI=1S/C21H28N6O4S/c1-21(2,3)31-20(28)26-8-6-7-14(12-26)16-13-27-17(15-9-23-25(4)11-15)10-22-18(27)19(24-16)32(5,29)30/h9-11,13-14H,6-8,12H2,1-5H3. The highest BCUT2D eigenvalue weighted by Gasteiger charge is 2.31. The zero-order valence-electron chi connectivity index (χ0n) is 18.9. The number of imidazole rings is 1. The molecule has 0 bridgehead atoms. The van der Waals surface area contributed by atoms with Crippen LogP contribution in [-0.2, 0) is 21.6 Å². The van der Waals surface area contributed by atoms with Gasteiger partial charge in [-0.25, -0.2) is 23.2 Å². The maximum absolute atomic E-state index is 12.6. The van der Waals surface area contributed by atoms with Gasteiger partial charge >= 0.3 is 6.09 Å². The van der Waals surface area contributed by atoms with E-state index >= 15 is 0 Å². The molecule has 1 aliphatic rings. The number of fused-ring (bicyclic) bond motifs is 1. The van der Waals surface area contributed by atoms with Crippen molar-refractivity contribution in [2.24, 2.45) is 7.05 Å². The van der Waals surface area contributed by atoms with Crippen LogP contribution in [0, 0.1) is 0 Å². The Kier molecular flexibility index (Phi) is 5.48. The fourth-order valence-corrected chi connectivity index (χ4v) is 4.66. The number of carbonyl (C=O) groups is 1. The quantitative estimate of drug-likeness (QED) is 0.591. The molecule has 3 aromatic rings. The van der Waals surface area contributed by atoms with Crippen LogP contribution < -0.4 is 0 Å². The molecule has 32 heavy (non-hydrogen) atoms. The van der Waals surface area contributed by atoms with Gasteiger partial charge in [0, 0.05) is 50.3 Å². The van der Waals surface area contributed by atoms with E-state index in [1.165, 1.54) is 0 Å². The highest BCUT2D eigenvalue weighted by Crippen LogP contribution is 2.30. The van der Waals surface area contributed by atoms with E-state index in [2.05, 4.69) is 15.1 Å².